The Morgan fingerprint density at radius 2 is 1.89 bits per heavy atom. The zero-order valence-corrected chi connectivity index (χ0v) is 12.0. The first kappa shape index (κ1) is 13.3. The highest BCUT2D eigenvalue weighted by Gasteiger charge is 2.54. The Balaban J connectivity index is 1.74. The highest BCUT2D eigenvalue weighted by Crippen LogP contribution is 2.51. The van der Waals surface area contributed by atoms with Gasteiger partial charge in [-0.3, -0.25) is 0 Å². The minimum Gasteiger partial charge on any atom is -0.490 e. The van der Waals surface area contributed by atoms with Gasteiger partial charge in [0.25, 0.3) is 0 Å². The molecule has 2 fully saturated rings. The molecule has 2 unspecified atom stereocenters. The summed E-state index contributed by atoms with van der Waals surface area (Å²) in [7, 11) is 0. The van der Waals surface area contributed by atoms with E-state index in [2.05, 4.69) is 0 Å². The molecule has 0 bridgehead atoms. The standard InChI is InChI=1S/C16H22ClNO/c17-12-6-5-7-13(10-12)19-15-11-14(18)16(15)8-3-1-2-4-9-16/h5-7,10,14-15H,1-4,8-9,11,18H2. The van der Waals surface area contributed by atoms with Gasteiger partial charge >= 0.3 is 0 Å². The molecule has 0 heterocycles. The van der Waals surface area contributed by atoms with Crippen LogP contribution in [0.1, 0.15) is 44.9 Å². The highest BCUT2D eigenvalue weighted by atomic mass is 35.5. The van der Waals surface area contributed by atoms with E-state index in [1.54, 1.807) is 0 Å². The first-order chi connectivity index (χ1) is 9.21. The summed E-state index contributed by atoms with van der Waals surface area (Å²) in [5.74, 6) is 0.882. The van der Waals surface area contributed by atoms with Crippen LogP contribution in [0.25, 0.3) is 0 Å². The van der Waals surface area contributed by atoms with E-state index in [0.717, 1.165) is 17.2 Å². The predicted octanol–water partition coefficient (Wildman–Crippen LogP) is 4.16. The molecule has 1 spiro atoms. The lowest BCUT2D eigenvalue weighted by Crippen LogP contribution is -2.63. The molecule has 2 saturated carbocycles. The van der Waals surface area contributed by atoms with Crippen molar-refractivity contribution in [2.75, 3.05) is 0 Å². The number of rotatable bonds is 2. The molecule has 0 amide bonds. The smallest absolute Gasteiger partial charge is 0.121 e. The fourth-order valence-electron chi connectivity index (χ4n) is 3.73. The Morgan fingerprint density at radius 1 is 1.16 bits per heavy atom. The first-order valence-electron chi connectivity index (χ1n) is 7.38. The Labute approximate surface area is 120 Å². The van der Waals surface area contributed by atoms with Crippen molar-refractivity contribution in [3.05, 3.63) is 29.3 Å². The largest absolute Gasteiger partial charge is 0.490 e. The Morgan fingerprint density at radius 3 is 2.53 bits per heavy atom. The van der Waals surface area contributed by atoms with E-state index >= 15 is 0 Å². The van der Waals surface area contributed by atoms with Gasteiger partial charge in [0.2, 0.25) is 0 Å². The molecule has 0 saturated heterocycles. The second kappa shape index (κ2) is 5.34. The third-order valence-electron chi connectivity index (χ3n) is 4.96. The van der Waals surface area contributed by atoms with Crippen molar-refractivity contribution in [3.8, 4) is 5.75 Å². The van der Waals surface area contributed by atoms with Crippen molar-refractivity contribution in [3.63, 3.8) is 0 Å². The van der Waals surface area contributed by atoms with Crippen LogP contribution in [0.3, 0.4) is 0 Å². The molecular weight excluding hydrogens is 258 g/mol. The molecule has 2 nitrogen and oxygen atoms in total. The van der Waals surface area contributed by atoms with Gasteiger partial charge in [-0.25, -0.2) is 0 Å². The van der Waals surface area contributed by atoms with Crippen molar-refractivity contribution in [1.29, 1.82) is 0 Å². The van der Waals surface area contributed by atoms with E-state index in [0.29, 0.717) is 6.04 Å². The van der Waals surface area contributed by atoms with E-state index in [9.17, 15) is 0 Å². The van der Waals surface area contributed by atoms with Crippen LogP contribution in [0.4, 0.5) is 0 Å². The maximum atomic E-state index is 6.33. The van der Waals surface area contributed by atoms with Crippen molar-refractivity contribution in [2.24, 2.45) is 11.1 Å². The van der Waals surface area contributed by atoms with E-state index < -0.39 is 0 Å². The molecule has 104 valence electrons. The number of benzene rings is 1. The van der Waals surface area contributed by atoms with Crippen LogP contribution in [-0.2, 0) is 0 Å². The minimum atomic E-state index is 0.221. The van der Waals surface area contributed by atoms with Crippen molar-refractivity contribution in [1.82, 2.24) is 0 Å². The van der Waals surface area contributed by atoms with Crippen LogP contribution < -0.4 is 10.5 Å². The second-order valence-electron chi connectivity index (χ2n) is 6.05. The Kier molecular flexibility index (Phi) is 3.72. The van der Waals surface area contributed by atoms with Gasteiger partial charge in [-0.05, 0) is 31.0 Å². The normalized spacial score (nSPS) is 29.6. The van der Waals surface area contributed by atoms with Crippen molar-refractivity contribution >= 4 is 11.6 Å². The van der Waals surface area contributed by atoms with Crippen LogP contribution in [0.15, 0.2) is 24.3 Å². The lowest BCUT2D eigenvalue weighted by atomic mass is 9.58. The summed E-state index contributed by atoms with van der Waals surface area (Å²) in [4.78, 5) is 0. The summed E-state index contributed by atoms with van der Waals surface area (Å²) < 4.78 is 6.19. The molecule has 1 aromatic rings. The monoisotopic (exact) mass is 279 g/mol. The lowest BCUT2D eigenvalue weighted by molar-refractivity contribution is -0.0770. The average molecular weight is 280 g/mol. The van der Waals surface area contributed by atoms with Crippen LogP contribution in [-0.4, -0.2) is 12.1 Å². The van der Waals surface area contributed by atoms with Gasteiger partial charge in [0.15, 0.2) is 0 Å². The molecule has 0 aromatic heterocycles. The van der Waals surface area contributed by atoms with Crippen LogP contribution in [0.2, 0.25) is 5.02 Å². The van der Waals surface area contributed by atoms with Crippen LogP contribution in [0.5, 0.6) is 5.75 Å². The summed E-state index contributed by atoms with van der Waals surface area (Å²) >= 11 is 6.02. The van der Waals surface area contributed by atoms with Gasteiger partial charge in [0.1, 0.15) is 11.9 Å². The fourth-order valence-corrected chi connectivity index (χ4v) is 3.91. The number of ether oxygens (including phenoxy) is 1. The highest BCUT2D eigenvalue weighted by molar-refractivity contribution is 6.30. The van der Waals surface area contributed by atoms with E-state index in [1.165, 1.54) is 38.5 Å². The topological polar surface area (TPSA) is 35.2 Å². The van der Waals surface area contributed by atoms with Crippen LogP contribution >= 0.6 is 11.6 Å². The minimum absolute atomic E-state index is 0.221. The second-order valence-corrected chi connectivity index (χ2v) is 6.49. The maximum absolute atomic E-state index is 6.33. The Bertz CT molecular complexity index is 440. The third kappa shape index (κ3) is 2.48. The first-order valence-corrected chi connectivity index (χ1v) is 7.76. The lowest BCUT2D eigenvalue weighted by Gasteiger charge is -2.54. The number of nitrogens with two attached hydrogens (primary N) is 1. The summed E-state index contributed by atoms with van der Waals surface area (Å²) in [5, 5.41) is 0.732. The SMILES string of the molecule is NC1CC(Oc2cccc(Cl)c2)C12CCCCCC2. The maximum Gasteiger partial charge on any atom is 0.121 e. The predicted molar refractivity (Wildman–Crippen MR) is 78.6 cm³/mol. The summed E-state index contributed by atoms with van der Waals surface area (Å²) in [5.41, 5.74) is 6.55. The molecule has 0 aliphatic heterocycles. The van der Waals surface area contributed by atoms with Gasteiger partial charge in [0.05, 0.1) is 0 Å². The van der Waals surface area contributed by atoms with E-state index in [1.807, 2.05) is 24.3 Å². The van der Waals surface area contributed by atoms with E-state index in [-0.39, 0.29) is 11.5 Å². The van der Waals surface area contributed by atoms with Crippen molar-refractivity contribution in [2.45, 2.75) is 57.1 Å². The summed E-state index contributed by atoms with van der Waals surface area (Å²) in [6.07, 6.45) is 8.98. The van der Waals surface area contributed by atoms with Crippen molar-refractivity contribution < 1.29 is 4.74 Å². The molecule has 2 aliphatic rings. The molecule has 2 atom stereocenters. The molecule has 1 aromatic carbocycles. The van der Waals surface area contributed by atoms with Gasteiger partial charge in [-0.1, -0.05) is 43.4 Å². The number of hydrogen-bond acceptors (Lipinski definition) is 2. The molecule has 2 N–H and O–H groups in total. The van der Waals surface area contributed by atoms with Gasteiger partial charge in [-0.2, -0.15) is 0 Å². The zero-order chi connectivity index (χ0) is 13.3. The molecule has 3 heteroatoms. The van der Waals surface area contributed by atoms with Gasteiger partial charge < -0.3 is 10.5 Å². The average Bonchev–Trinajstić information content (AvgIpc) is 2.66. The van der Waals surface area contributed by atoms with E-state index in [4.69, 9.17) is 22.1 Å². The molecular formula is C16H22ClNO. The summed E-state index contributed by atoms with van der Waals surface area (Å²) in [6.45, 7) is 0. The van der Waals surface area contributed by atoms with Gasteiger partial charge in [0, 0.05) is 22.9 Å². The molecule has 2 aliphatic carbocycles. The van der Waals surface area contributed by atoms with Crippen LogP contribution in [0, 0.1) is 5.41 Å². The fraction of sp³-hybridized carbons (Fsp3) is 0.625. The number of halogens is 1. The molecule has 19 heavy (non-hydrogen) atoms. The molecule has 3 rings (SSSR count). The quantitative estimate of drug-likeness (QED) is 0.882. The third-order valence-corrected chi connectivity index (χ3v) is 5.19. The zero-order valence-electron chi connectivity index (χ0n) is 11.3. The Hall–Kier alpha value is -0.730. The number of hydrogen-bond donors (Lipinski definition) is 1. The summed E-state index contributed by atoms with van der Waals surface area (Å²) in [6, 6.07) is 8.02. The molecule has 0 radical (unpaired) electrons. The van der Waals surface area contributed by atoms with Gasteiger partial charge in [-0.15, -0.1) is 0 Å².